The van der Waals surface area contributed by atoms with Crippen molar-refractivity contribution in [1.82, 2.24) is 58.8 Å². The number of hydrogen-bond acceptors (Lipinski definition) is 13. The minimum absolute atomic E-state index is 0. The molecule has 2 radical (unpaired) electrons. The van der Waals surface area contributed by atoms with Crippen LogP contribution in [0.2, 0.25) is 0 Å². The Bertz CT molecular complexity index is 3510. The second-order valence-electron chi connectivity index (χ2n) is 19.6. The van der Waals surface area contributed by atoms with E-state index in [2.05, 4.69) is 138 Å². The zero-order chi connectivity index (χ0) is 53.7. The number of nitrogens with zero attached hydrogens (tertiary/aromatic N) is 12. The average molecular weight is 1210 g/mol. The van der Waals surface area contributed by atoms with E-state index in [1.54, 1.807) is 52.8 Å². The molecule has 0 atom stereocenters. The molecule has 10 rings (SSSR count). The molecule has 2 aliphatic heterocycles. The number of methoxy groups -OCH3 is 1. The molecular formula is C60H64N14O3Y2-2. The Labute approximate surface area is 513 Å². The summed E-state index contributed by atoms with van der Waals surface area (Å²) in [5.74, 6) is 12.2. The van der Waals surface area contributed by atoms with Crippen LogP contribution < -0.4 is 15.4 Å². The van der Waals surface area contributed by atoms with Gasteiger partial charge in [0.15, 0.2) is 11.3 Å². The first-order valence-electron chi connectivity index (χ1n) is 26.1. The number of carbonyl (C=O) groups excluding carboxylic acids is 2. The fourth-order valence-corrected chi connectivity index (χ4v) is 8.97. The molecule has 8 heterocycles. The van der Waals surface area contributed by atoms with Crippen LogP contribution in [0.15, 0.2) is 97.6 Å². The second-order valence-corrected chi connectivity index (χ2v) is 19.6. The number of aromatic nitrogens is 8. The molecule has 0 aliphatic carbocycles. The molecule has 2 fully saturated rings. The van der Waals surface area contributed by atoms with Gasteiger partial charge in [-0.3, -0.25) is 19.4 Å². The van der Waals surface area contributed by atoms with Crippen LogP contribution in [0.4, 0.5) is 11.4 Å². The van der Waals surface area contributed by atoms with Gasteiger partial charge in [0.05, 0.1) is 25.2 Å². The molecular weight excluding hydrogens is 1140 g/mol. The predicted octanol–water partition coefficient (Wildman–Crippen LogP) is 7.00. The van der Waals surface area contributed by atoms with Crippen molar-refractivity contribution in [2.45, 2.75) is 59.5 Å². The summed E-state index contributed by atoms with van der Waals surface area (Å²) in [7, 11) is 5.88. The molecule has 6 aromatic heterocycles. The van der Waals surface area contributed by atoms with Gasteiger partial charge in [0, 0.05) is 148 Å². The van der Waals surface area contributed by atoms with E-state index in [0.717, 1.165) is 112 Å². The molecule has 2 amide bonds. The molecule has 0 spiro atoms. The zero-order valence-corrected chi connectivity index (χ0v) is 51.6. The van der Waals surface area contributed by atoms with E-state index in [4.69, 9.17) is 9.84 Å². The first-order chi connectivity index (χ1) is 37.5. The Kier molecular flexibility index (Phi) is 22.5. The van der Waals surface area contributed by atoms with Crippen LogP contribution in [-0.4, -0.2) is 144 Å². The van der Waals surface area contributed by atoms with Gasteiger partial charge in [-0.1, -0.05) is 43.0 Å². The van der Waals surface area contributed by atoms with Crippen LogP contribution in [0.25, 0.3) is 11.3 Å². The number of amides is 2. The fraction of sp³-hybridized carbons (Fsp3) is 0.333. The monoisotopic (exact) mass is 1210 g/mol. The number of rotatable bonds is 13. The summed E-state index contributed by atoms with van der Waals surface area (Å²) in [6, 6.07) is 23.1. The van der Waals surface area contributed by atoms with E-state index in [0.29, 0.717) is 45.2 Å². The van der Waals surface area contributed by atoms with Crippen LogP contribution in [0.1, 0.15) is 97.4 Å². The largest absolute Gasteiger partial charge is 0.480 e. The summed E-state index contributed by atoms with van der Waals surface area (Å²) in [5, 5.41) is 15.0. The zero-order valence-electron chi connectivity index (χ0n) is 45.9. The smallest absolute Gasteiger partial charge is 0.238 e. The normalized spacial score (nSPS) is 13.8. The van der Waals surface area contributed by atoms with Crippen LogP contribution in [-0.2, 0) is 84.9 Å². The third kappa shape index (κ3) is 16.7. The summed E-state index contributed by atoms with van der Waals surface area (Å²) in [6.07, 6.45) is 16.5. The molecule has 2 saturated heterocycles. The maximum Gasteiger partial charge on any atom is 0.238 e. The third-order valence-electron chi connectivity index (χ3n) is 13.7. The van der Waals surface area contributed by atoms with Gasteiger partial charge in [-0.15, -0.1) is 29.1 Å². The van der Waals surface area contributed by atoms with Crippen LogP contribution in [0.5, 0.6) is 5.88 Å². The van der Waals surface area contributed by atoms with Crippen LogP contribution in [0, 0.1) is 49.9 Å². The standard InChI is InChI=1S/C32H36N7O.C28H28N7O2.2Y/c1-4-5-6-7-28-11-13-31-34-22-30(39(31)36-28)12-8-25-19-27(21-33-20-25)32(40)35-29-10-9-26(24(2)18-29)23-38-16-14-37(3)15-17-38;1-20-14-24(6-5-22(20)19-34-12-10-33(2)11-13-34)31-28(36)23-15-21(16-29-17-23)4-7-25-18-30-26-8-9-27(37-3)32-35(25)26;;/h9-11,13,18-19,21-22H,4-7,14-17,23H2,1-3H3,(H,35,40);5-6,8-9,14-15,17-18H,10-13,19H2,1-3H3,(H,31,36);;/q2*-1;;. The van der Waals surface area contributed by atoms with Gasteiger partial charge in [0.1, 0.15) is 11.4 Å². The number of nitrogens with one attached hydrogen (secondary N) is 2. The number of hydrogen-bond donors (Lipinski definition) is 2. The number of imidazole rings is 2. The van der Waals surface area contributed by atoms with Crippen molar-refractivity contribution >= 4 is 34.5 Å². The maximum absolute atomic E-state index is 13.0. The second kappa shape index (κ2) is 29.4. The van der Waals surface area contributed by atoms with Crippen molar-refractivity contribution in [3.63, 3.8) is 0 Å². The van der Waals surface area contributed by atoms with E-state index < -0.39 is 0 Å². The van der Waals surface area contributed by atoms with Crippen LogP contribution in [0.3, 0.4) is 0 Å². The predicted molar refractivity (Wildman–Crippen MR) is 298 cm³/mol. The Balaban J connectivity index is 0.000000224. The van der Waals surface area contributed by atoms with Crippen molar-refractivity contribution in [2.24, 2.45) is 0 Å². The van der Waals surface area contributed by atoms with Crippen molar-refractivity contribution in [3.05, 3.63) is 172 Å². The SMILES string of the molecule is CCCCCc1ccc2ncc(C#Cc3[c-]ncc(C(=O)Nc4ccc(CN5CCN(C)CC5)c(C)c4)c3)n2n1.COc1ccc2ncc(C#Cc3[c-]ncc(C(=O)Nc4ccc(CN5CCN(C)CC5)c(C)c4)c3)n2n1.[Y].[Y]. The molecule has 400 valence electrons. The number of unbranched alkanes of at least 4 members (excludes halogenated alkanes) is 2. The van der Waals surface area contributed by atoms with Crippen molar-refractivity contribution in [2.75, 3.05) is 84.2 Å². The minimum atomic E-state index is -0.253. The van der Waals surface area contributed by atoms with E-state index in [1.807, 2.05) is 36.4 Å². The summed E-state index contributed by atoms with van der Waals surface area (Å²) >= 11 is 0. The number of fused-ring (bicyclic) bond motifs is 2. The first kappa shape index (κ1) is 60.5. The molecule has 19 heteroatoms. The van der Waals surface area contributed by atoms with Crippen molar-refractivity contribution < 1.29 is 79.7 Å². The van der Waals surface area contributed by atoms with Gasteiger partial charge < -0.3 is 35.1 Å². The number of benzene rings is 2. The van der Waals surface area contributed by atoms with Crippen molar-refractivity contribution in [3.8, 4) is 29.6 Å². The topological polar surface area (TPSA) is 167 Å². The van der Waals surface area contributed by atoms with Gasteiger partial charge in [0.25, 0.3) is 0 Å². The number of likely N-dealkylation sites (N-methyl/N-ethyl adjacent to an activating group) is 2. The third-order valence-corrected chi connectivity index (χ3v) is 13.7. The molecule has 2 N–H and O–H groups in total. The van der Waals surface area contributed by atoms with E-state index >= 15 is 0 Å². The number of anilines is 2. The summed E-state index contributed by atoms with van der Waals surface area (Å²) in [4.78, 5) is 52.5. The number of carbonyl (C=O) groups is 2. The van der Waals surface area contributed by atoms with Crippen LogP contribution >= 0.6 is 0 Å². The van der Waals surface area contributed by atoms with Gasteiger partial charge in [-0.25, -0.2) is 19.0 Å². The van der Waals surface area contributed by atoms with Gasteiger partial charge >= 0.3 is 0 Å². The van der Waals surface area contributed by atoms with E-state index in [1.165, 1.54) is 36.4 Å². The number of ether oxygens (including phenoxy) is 1. The Hall–Kier alpha value is -6.11. The molecule has 17 nitrogen and oxygen atoms in total. The van der Waals surface area contributed by atoms with Gasteiger partial charge in [-0.2, -0.15) is 16.9 Å². The first-order valence-corrected chi connectivity index (χ1v) is 26.1. The minimum Gasteiger partial charge on any atom is -0.480 e. The fourth-order valence-electron chi connectivity index (χ4n) is 8.97. The Morgan fingerprint density at radius 2 is 1.08 bits per heavy atom. The van der Waals surface area contributed by atoms with E-state index in [9.17, 15) is 9.59 Å². The molecule has 2 aromatic carbocycles. The van der Waals surface area contributed by atoms with Gasteiger partial charge in [-0.05, 0) is 141 Å². The Morgan fingerprint density at radius 1 is 0.595 bits per heavy atom. The average Bonchev–Trinajstić information content (AvgIpc) is 4.06. The summed E-state index contributed by atoms with van der Waals surface area (Å²) in [6.45, 7) is 16.9. The molecule has 2 aliphatic rings. The molecule has 8 aromatic rings. The summed E-state index contributed by atoms with van der Waals surface area (Å²) in [5.41, 5.74) is 11.9. The molecule has 0 unspecified atom stereocenters. The van der Waals surface area contributed by atoms with Gasteiger partial charge in [0.2, 0.25) is 17.7 Å². The number of piperazine rings is 2. The molecule has 79 heavy (non-hydrogen) atoms. The van der Waals surface area contributed by atoms with Crippen molar-refractivity contribution in [1.29, 1.82) is 0 Å². The number of aryl methyl sites for hydroxylation is 3. The maximum atomic E-state index is 13.0. The molecule has 0 saturated carbocycles. The van der Waals surface area contributed by atoms with E-state index in [-0.39, 0.29) is 77.2 Å². The summed E-state index contributed by atoms with van der Waals surface area (Å²) < 4.78 is 8.55. The number of pyridine rings is 2. The molecule has 0 bridgehead atoms. The quantitative estimate of drug-likeness (QED) is 0.0689. The Morgan fingerprint density at radius 3 is 1.54 bits per heavy atom.